The molecule has 2 amide bonds. The average molecular weight is 432 g/mol. The van der Waals surface area contributed by atoms with Gasteiger partial charge < -0.3 is 15.4 Å². The molecule has 0 radical (unpaired) electrons. The molecule has 2 aromatic rings. The van der Waals surface area contributed by atoms with Crippen LogP contribution in [-0.4, -0.2) is 23.0 Å². The van der Waals surface area contributed by atoms with Gasteiger partial charge in [0, 0.05) is 30.0 Å². The quantitative estimate of drug-likeness (QED) is 0.649. The molecule has 2 N–H and O–H groups in total. The van der Waals surface area contributed by atoms with Gasteiger partial charge in [0.25, 0.3) is 0 Å². The highest BCUT2D eigenvalue weighted by atomic mass is 35.5. The van der Waals surface area contributed by atoms with Crippen LogP contribution in [0.4, 0.5) is 10.5 Å². The summed E-state index contributed by atoms with van der Waals surface area (Å²) in [5.74, 6) is 0.453. The maximum absolute atomic E-state index is 12.5. The van der Waals surface area contributed by atoms with Crippen LogP contribution in [0.1, 0.15) is 44.6 Å². The smallest absolute Gasteiger partial charge is 0.407 e. The van der Waals surface area contributed by atoms with E-state index in [4.69, 9.17) is 4.74 Å². The largest absolute Gasteiger partial charge is 0.445 e. The first-order valence-electron chi connectivity index (χ1n) is 10.3. The first-order valence-corrected chi connectivity index (χ1v) is 10.3. The maximum Gasteiger partial charge on any atom is 0.407 e. The van der Waals surface area contributed by atoms with Crippen molar-refractivity contribution in [3.8, 4) is 0 Å². The maximum atomic E-state index is 12.5. The molecule has 30 heavy (non-hydrogen) atoms. The number of benzene rings is 1. The Kier molecular flexibility index (Phi) is 9.61. The molecule has 7 heteroatoms. The van der Waals surface area contributed by atoms with E-state index in [1.807, 2.05) is 30.3 Å². The highest BCUT2D eigenvalue weighted by Gasteiger charge is 2.31. The Bertz CT molecular complexity index is 781. The Hall–Kier alpha value is -2.60. The summed E-state index contributed by atoms with van der Waals surface area (Å²) in [6.45, 7) is 2.34. The van der Waals surface area contributed by atoms with E-state index >= 15 is 0 Å². The number of carbonyl (C=O) groups excluding carboxylic acids is 2. The molecule has 1 saturated carbocycles. The van der Waals surface area contributed by atoms with Crippen LogP contribution in [0.5, 0.6) is 0 Å². The Morgan fingerprint density at radius 1 is 1.07 bits per heavy atom. The van der Waals surface area contributed by atoms with E-state index < -0.39 is 0 Å². The summed E-state index contributed by atoms with van der Waals surface area (Å²) in [5.41, 5.74) is 1.75. The lowest BCUT2D eigenvalue weighted by molar-refractivity contribution is -0.121. The molecule has 0 bridgehead atoms. The van der Waals surface area contributed by atoms with Gasteiger partial charge in [-0.15, -0.1) is 12.4 Å². The highest BCUT2D eigenvalue weighted by molar-refractivity contribution is 5.92. The summed E-state index contributed by atoms with van der Waals surface area (Å²) in [5, 5.41) is 5.99. The third-order valence-corrected chi connectivity index (χ3v) is 5.62. The molecule has 1 aliphatic rings. The summed E-state index contributed by atoms with van der Waals surface area (Å²) in [6.07, 6.45) is 7.31. The summed E-state index contributed by atoms with van der Waals surface area (Å²) in [7, 11) is 0. The van der Waals surface area contributed by atoms with Crippen molar-refractivity contribution in [2.45, 2.75) is 51.7 Å². The van der Waals surface area contributed by atoms with Gasteiger partial charge in [0.1, 0.15) is 6.61 Å². The molecular formula is C23H30ClN3O3. The van der Waals surface area contributed by atoms with Crippen molar-refractivity contribution >= 4 is 30.1 Å². The number of anilines is 1. The minimum Gasteiger partial charge on any atom is -0.445 e. The summed E-state index contributed by atoms with van der Waals surface area (Å²) >= 11 is 0. The molecule has 3 rings (SSSR count). The zero-order valence-corrected chi connectivity index (χ0v) is 18.1. The molecule has 1 atom stereocenters. The topological polar surface area (TPSA) is 80.3 Å². The van der Waals surface area contributed by atoms with Crippen LogP contribution in [0, 0.1) is 11.8 Å². The first kappa shape index (κ1) is 23.7. The second-order valence-corrected chi connectivity index (χ2v) is 7.56. The summed E-state index contributed by atoms with van der Waals surface area (Å²) in [6, 6.07) is 13.3. The molecule has 162 valence electrons. The van der Waals surface area contributed by atoms with Crippen molar-refractivity contribution in [1.82, 2.24) is 10.3 Å². The number of nitrogens with zero attached hydrogens (tertiary/aromatic N) is 1. The van der Waals surface area contributed by atoms with Crippen molar-refractivity contribution in [2.24, 2.45) is 11.8 Å². The Morgan fingerprint density at radius 3 is 2.37 bits per heavy atom. The van der Waals surface area contributed by atoms with E-state index in [0.717, 1.165) is 43.4 Å². The monoisotopic (exact) mass is 431 g/mol. The van der Waals surface area contributed by atoms with E-state index in [0.29, 0.717) is 5.92 Å². The molecule has 0 saturated heterocycles. The third-order valence-electron chi connectivity index (χ3n) is 5.62. The van der Waals surface area contributed by atoms with E-state index in [1.54, 1.807) is 24.5 Å². The van der Waals surface area contributed by atoms with Crippen molar-refractivity contribution in [3.63, 3.8) is 0 Å². The van der Waals surface area contributed by atoms with Crippen LogP contribution in [-0.2, 0) is 16.1 Å². The molecule has 0 aliphatic heterocycles. The summed E-state index contributed by atoms with van der Waals surface area (Å²) in [4.78, 5) is 28.7. The second-order valence-electron chi connectivity index (χ2n) is 7.56. The Labute approximate surface area is 184 Å². The predicted molar refractivity (Wildman–Crippen MR) is 119 cm³/mol. The number of nitrogens with one attached hydrogen (secondary N) is 2. The average Bonchev–Trinajstić information content (AvgIpc) is 2.77. The van der Waals surface area contributed by atoms with Gasteiger partial charge in [-0.25, -0.2) is 4.79 Å². The molecule has 1 unspecified atom stereocenters. The molecular weight excluding hydrogens is 402 g/mol. The van der Waals surface area contributed by atoms with Crippen molar-refractivity contribution < 1.29 is 14.3 Å². The highest BCUT2D eigenvalue weighted by Crippen LogP contribution is 2.32. The molecule has 1 heterocycles. The van der Waals surface area contributed by atoms with E-state index in [9.17, 15) is 9.59 Å². The lowest BCUT2D eigenvalue weighted by Gasteiger charge is -2.33. The van der Waals surface area contributed by atoms with Gasteiger partial charge in [-0.2, -0.15) is 0 Å². The SMILES string of the molecule is CCC(NC(=O)OCc1ccccc1)C1CCC(C(=O)Nc2ccncc2)CC1.Cl. The van der Waals surface area contributed by atoms with Gasteiger partial charge in [-0.3, -0.25) is 9.78 Å². The van der Waals surface area contributed by atoms with Crippen LogP contribution < -0.4 is 10.6 Å². The van der Waals surface area contributed by atoms with Gasteiger partial charge in [0.2, 0.25) is 5.91 Å². The summed E-state index contributed by atoms with van der Waals surface area (Å²) < 4.78 is 5.36. The number of amides is 2. The minimum atomic E-state index is -0.377. The van der Waals surface area contributed by atoms with E-state index in [1.165, 1.54) is 0 Å². The fourth-order valence-corrected chi connectivity index (χ4v) is 3.93. The van der Waals surface area contributed by atoms with Crippen molar-refractivity contribution in [1.29, 1.82) is 0 Å². The van der Waals surface area contributed by atoms with Gasteiger partial charge in [-0.05, 0) is 55.7 Å². The van der Waals surface area contributed by atoms with Gasteiger partial charge in [0.05, 0.1) is 0 Å². The minimum absolute atomic E-state index is 0. The van der Waals surface area contributed by atoms with E-state index in [-0.39, 0.29) is 43.0 Å². The number of rotatable bonds is 7. The Morgan fingerprint density at radius 2 is 1.73 bits per heavy atom. The number of carbonyl (C=O) groups is 2. The number of hydrogen-bond donors (Lipinski definition) is 2. The van der Waals surface area contributed by atoms with Crippen LogP contribution in [0.2, 0.25) is 0 Å². The molecule has 6 nitrogen and oxygen atoms in total. The lowest BCUT2D eigenvalue weighted by Crippen LogP contribution is -2.42. The van der Waals surface area contributed by atoms with Crippen molar-refractivity contribution in [3.05, 3.63) is 60.4 Å². The second kappa shape index (κ2) is 12.2. The van der Waals surface area contributed by atoms with Gasteiger partial charge in [-0.1, -0.05) is 37.3 Å². The van der Waals surface area contributed by atoms with Crippen molar-refractivity contribution in [2.75, 3.05) is 5.32 Å². The van der Waals surface area contributed by atoms with Crippen LogP contribution in [0.3, 0.4) is 0 Å². The normalized spacial score (nSPS) is 19.1. The molecule has 1 aliphatic carbocycles. The molecule has 1 fully saturated rings. The molecule has 1 aromatic heterocycles. The standard InChI is InChI=1S/C23H29N3O3.ClH/c1-2-21(26-23(28)29-16-17-6-4-3-5-7-17)18-8-10-19(11-9-18)22(27)25-20-12-14-24-15-13-20;/h3-7,12-15,18-19,21H,2,8-11,16H2,1H3,(H,26,28)(H,24,25,27);1H. The third kappa shape index (κ3) is 7.02. The fraction of sp³-hybridized carbons (Fsp3) is 0.435. The van der Waals surface area contributed by atoms with Crippen LogP contribution >= 0.6 is 12.4 Å². The van der Waals surface area contributed by atoms with Gasteiger partial charge in [0.15, 0.2) is 0 Å². The lowest BCUT2D eigenvalue weighted by atomic mass is 9.77. The van der Waals surface area contributed by atoms with E-state index in [2.05, 4.69) is 22.5 Å². The Balaban J connectivity index is 0.00000320. The molecule has 1 aromatic carbocycles. The van der Waals surface area contributed by atoms with Crippen LogP contribution in [0.15, 0.2) is 54.9 Å². The number of alkyl carbamates (subject to hydrolysis) is 1. The molecule has 0 spiro atoms. The number of ether oxygens (including phenoxy) is 1. The fourth-order valence-electron chi connectivity index (χ4n) is 3.93. The zero-order valence-electron chi connectivity index (χ0n) is 17.3. The number of pyridine rings is 1. The number of hydrogen-bond acceptors (Lipinski definition) is 4. The first-order chi connectivity index (χ1) is 14.2. The van der Waals surface area contributed by atoms with Gasteiger partial charge >= 0.3 is 6.09 Å². The number of halogens is 1. The zero-order chi connectivity index (χ0) is 20.5. The number of aromatic nitrogens is 1. The van der Waals surface area contributed by atoms with Crippen LogP contribution in [0.25, 0.3) is 0 Å². The predicted octanol–water partition coefficient (Wildman–Crippen LogP) is 4.95.